The largest absolute Gasteiger partial charge is 0.489 e. The van der Waals surface area contributed by atoms with E-state index in [4.69, 9.17) is 18.6 Å². The van der Waals surface area contributed by atoms with Gasteiger partial charge in [0.2, 0.25) is 0 Å². The average Bonchev–Trinajstić information content (AvgIpc) is 2.80. The Morgan fingerprint density at radius 2 is 1.86 bits per heavy atom. The molecule has 0 bridgehead atoms. The minimum atomic E-state index is -1.56. The summed E-state index contributed by atoms with van der Waals surface area (Å²) < 4.78 is 22.1. The molecule has 5 N–H and O–H groups in total. The lowest BCUT2D eigenvalue weighted by Gasteiger charge is -2.42. The first kappa shape index (κ1) is 27.3. The molecule has 0 saturated carbocycles. The molecule has 1 aliphatic rings. The van der Waals surface area contributed by atoms with E-state index in [0.717, 1.165) is 11.0 Å². The fraction of sp³-hybridized carbons (Fsp3) is 0.560. The van der Waals surface area contributed by atoms with Crippen molar-refractivity contribution in [3.05, 3.63) is 52.4 Å². The lowest BCUT2D eigenvalue weighted by atomic mass is 9.94. The van der Waals surface area contributed by atoms with Crippen LogP contribution in [-0.2, 0) is 9.47 Å². The molecule has 10 heteroatoms. The SMILES string of the molecule is CC(=CCOc1ccc2ccc(=O)oc2c1)CCC(OC1OC(CO)C(O)C(O)C1O)C(C)(C)O. The molecular weight excluding hydrogens is 460 g/mol. The van der Waals surface area contributed by atoms with Crippen LogP contribution >= 0.6 is 0 Å². The number of hydrogen-bond donors (Lipinski definition) is 5. The predicted octanol–water partition coefficient (Wildman–Crippen LogP) is 0.854. The third-order valence-electron chi connectivity index (χ3n) is 6.01. The van der Waals surface area contributed by atoms with E-state index < -0.39 is 54.6 Å². The summed E-state index contributed by atoms with van der Waals surface area (Å²) >= 11 is 0. The Kier molecular flexibility index (Phi) is 9.05. The smallest absolute Gasteiger partial charge is 0.336 e. The quantitative estimate of drug-likeness (QED) is 0.237. The highest BCUT2D eigenvalue weighted by Crippen LogP contribution is 2.28. The third-order valence-corrected chi connectivity index (χ3v) is 6.01. The highest BCUT2D eigenvalue weighted by atomic mass is 16.7. The van der Waals surface area contributed by atoms with Gasteiger partial charge in [-0.05, 0) is 57.9 Å². The second-order valence-corrected chi connectivity index (χ2v) is 9.33. The van der Waals surface area contributed by atoms with Gasteiger partial charge >= 0.3 is 5.63 Å². The summed E-state index contributed by atoms with van der Waals surface area (Å²) in [4.78, 5) is 11.4. The Labute approximate surface area is 203 Å². The Hall–Kier alpha value is -2.31. The Balaban J connectivity index is 1.57. The molecule has 3 rings (SSSR count). The van der Waals surface area contributed by atoms with Gasteiger partial charge in [0.1, 0.15) is 42.4 Å². The molecule has 1 aromatic heterocycles. The molecule has 6 unspecified atom stereocenters. The van der Waals surface area contributed by atoms with Crippen LogP contribution in [-0.4, -0.2) is 81.2 Å². The van der Waals surface area contributed by atoms with E-state index in [1.54, 1.807) is 38.1 Å². The van der Waals surface area contributed by atoms with Gasteiger partial charge in [-0.3, -0.25) is 0 Å². The highest BCUT2D eigenvalue weighted by Gasteiger charge is 2.46. The van der Waals surface area contributed by atoms with E-state index in [1.807, 2.05) is 13.0 Å². The van der Waals surface area contributed by atoms with Gasteiger partial charge < -0.3 is 44.2 Å². The molecule has 0 spiro atoms. The van der Waals surface area contributed by atoms with E-state index >= 15 is 0 Å². The molecule has 2 heterocycles. The summed E-state index contributed by atoms with van der Waals surface area (Å²) in [6.45, 7) is 4.72. The van der Waals surface area contributed by atoms with Gasteiger partial charge in [0.25, 0.3) is 0 Å². The number of fused-ring (bicyclic) bond motifs is 1. The minimum absolute atomic E-state index is 0.273. The molecule has 194 valence electrons. The maximum Gasteiger partial charge on any atom is 0.336 e. The summed E-state index contributed by atoms with van der Waals surface area (Å²) in [6, 6.07) is 8.27. The van der Waals surface area contributed by atoms with Crippen LogP contribution in [0.3, 0.4) is 0 Å². The molecule has 2 aromatic rings. The van der Waals surface area contributed by atoms with Gasteiger partial charge in [-0.1, -0.05) is 5.57 Å². The second-order valence-electron chi connectivity index (χ2n) is 9.33. The molecule has 6 atom stereocenters. The predicted molar refractivity (Wildman–Crippen MR) is 126 cm³/mol. The Morgan fingerprint density at radius 3 is 2.54 bits per heavy atom. The second kappa shape index (κ2) is 11.6. The van der Waals surface area contributed by atoms with Crippen molar-refractivity contribution in [3.8, 4) is 5.75 Å². The monoisotopic (exact) mass is 494 g/mol. The van der Waals surface area contributed by atoms with Gasteiger partial charge in [0, 0.05) is 17.5 Å². The molecular formula is C25H34O10. The zero-order valence-corrected chi connectivity index (χ0v) is 20.0. The van der Waals surface area contributed by atoms with Crippen LogP contribution in [0.15, 0.2) is 51.2 Å². The van der Waals surface area contributed by atoms with E-state index in [9.17, 15) is 30.3 Å². The average molecular weight is 495 g/mol. The molecule has 1 aliphatic heterocycles. The standard InChI is InChI=1S/C25H34O10/c1-14(10-11-32-16-7-5-15-6-9-20(27)33-17(15)12-16)4-8-19(25(2,3)31)35-24-23(30)22(29)21(28)18(13-26)34-24/h5-7,9-10,12,18-19,21-24,26,28-31H,4,8,11,13H2,1-3H3. The summed E-state index contributed by atoms with van der Waals surface area (Å²) in [6.07, 6.45) is -5.03. The molecule has 0 amide bonds. The highest BCUT2D eigenvalue weighted by molar-refractivity contribution is 5.77. The summed E-state index contributed by atoms with van der Waals surface area (Å²) in [5.74, 6) is 0.552. The molecule has 0 aliphatic carbocycles. The summed E-state index contributed by atoms with van der Waals surface area (Å²) in [5, 5.41) is 50.9. The number of rotatable bonds is 10. The van der Waals surface area contributed by atoms with Crippen LogP contribution in [0.2, 0.25) is 0 Å². The van der Waals surface area contributed by atoms with Gasteiger partial charge in [-0.25, -0.2) is 4.79 Å². The maximum absolute atomic E-state index is 11.4. The lowest BCUT2D eigenvalue weighted by Crippen LogP contribution is -2.60. The van der Waals surface area contributed by atoms with Crippen LogP contribution in [0, 0.1) is 0 Å². The van der Waals surface area contributed by atoms with Crippen LogP contribution in [0.25, 0.3) is 11.0 Å². The van der Waals surface area contributed by atoms with Crippen molar-refractivity contribution >= 4 is 11.0 Å². The first-order valence-corrected chi connectivity index (χ1v) is 11.5. The van der Waals surface area contributed by atoms with Crippen molar-refractivity contribution in [2.24, 2.45) is 0 Å². The first-order valence-electron chi connectivity index (χ1n) is 11.5. The lowest BCUT2D eigenvalue weighted by molar-refractivity contribution is -0.322. The number of allylic oxidation sites excluding steroid dienone is 1. The van der Waals surface area contributed by atoms with E-state index in [1.165, 1.54) is 6.07 Å². The van der Waals surface area contributed by atoms with Crippen LogP contribution in [0.1, 0.15) is 33.6 Å². The third kappa shape index (κ3) is 7.11. The van der Waals surface area contributed by atoms with Crippen LogP contribution < -0.4 is 10.4 Å². The van der Waals surface area contributed by atoms with E-state index in [-0.39, 0.29) is 6.61 Å². The summed E-state index contributed by atoms with van der Waals surface area (Å²) in [7, 11) is 0. The number of ether oxygens (including phenoxy) is 3. The van der Waals surface area contributed by atoms with Crippen molar-refractivity contribution in [1.29, 1.82) is 0 Å². The number of benzene rings is 1. The van der Waals surface area contributed by atoms with Crippen molar-refractivity contribution in [2.75, 3.05) is 13.2 Å². The van der Waals surface area contributed by atoms with Crippen molar-refractivity contribution < 1.29 is 44.2 Å². The first-order chi connectivity index (χ1) is 16.5. The van der Waals surface area contributed by atoms with Crippen molar-refractivity contribution in [3.63, 3.8) is 0 Å². The van der Waals surface area contributed by atoms with Crippen LogP contribution in [0.5, 0.6) is 5.75 Å². The fourth-order valence-electron chi connectivity index (χ4n) is 3.80. The number of aliphatic hydroxyl groups is 5. The molecule has 0 radical (unpaired) electrons. The Morgan fingerprint density at radius 1 is 1.14 bits per heavy atom. The molecule has 35 heavy (non-hydrogen) atoms. The number of hydrogen-bond acceptors (Lipinski definition) is 10. The summed E-state index contributed by atoms with van der Waals surface area (Å²) in [5.41, 5.74) is -0.333. The molecule has 1 fully saturated rings. The fourth-order valence-corrected chi connectivity index (χ4v) is 3.80. The van der Waals surface area contributed by atoms with Gasteiger partial charge in [-0.2, -0.15) is 0 Å². The van der Waals surface area contributed by atoms with Gasteiger partial charge in [0.15, 0.2) is 6.29 Å². The number of aliphatic hydroxyl groups excluding tert-OH is 4. The van der Waals surface area contributed by atoms with Crippen LogP contribution in [0.4, 0.5) is 0 Å². The van der Waals surface area contributed by atoms with Gasteiger partial charge in [0.05, 0.1) is 18.3 Å². The zero-order valence-electron chi connectivity index (χ0n) is 20.0. The molecule has 1 saturated heterocycles. The van der Waals surface area contributed by atoms with E-state index in [0.29, 0.717) is 24.2 Å². The molecule has 1 aromatic carbocycles. The molecule has 10 nitrogen and oxygen atoms in total. The maximum atomic E-state index is 11.4. The minimum Gasteiger partial charge on any atom is -0.489 e. The van der Waals surface area contributed by atoms with E-state index in [2.05, 4.69) is 0 Å². The topological polar surface area (TPSA) is 159 Å². The normalized spacial score (nSPS) is 26.6. The van der Waals surface area contributed by atoms with Crippen molar-refractivity contribution in [2.45, 2.75) is 76.0 Å². The zero-order chi connectivity index (χ0) is 25.8. The Bertz CT molecular complexity index is 1050. The van der Waals surface area contributed by atoms with Gasteiger partial charge in [-0.15, -0.1) is 0 Å². The van der Waals surface area contributed by atoms with Crippen molar-refractivity contribution in [1.82, 2.24) is 0 Å².